The molecule has 0 spiro atoms. The van der Waals surface area contributed by atoms with E-state index in [1.165, 1.54) is 7.11 Å². The number of halogens is 1. The van der Waals surface area contributed by atoms with Crippen LogP contribution in [0.4, 0.5) is 5.95 Å². The number of benzene rings is 1. The lowest BCUT2D eigenvalue weighted by Crippen LogP contribution is -2.29. The third kappa shape index (κ3) is 4.29. The first-order valence-electron chi connectivity index (χ1n) is 9.51. The van der Waals surface area contributed by atoms with Gasteiger partial charge in [0.2, 0.25) is 11.1 Å². The molecule has 0 aliphatic carbocycles. The van der Waals surface area contributed by atoms with Crippen molar-refractivity contribution in [1.82, 2.24) is 14.8 Å². The summed E-state index contributed by atoms with van der Waals surface area (Å²) in [6.07, 6.45) is 2.19. The first-order valence-corrected chi connectivity index (χ1v) is 11.3. The highest BCUT2D eigenvalue weighted by Gasteiger charge is 2.35. The number of nitrogens with zero attached hydrogens (tertiary/aromatic N) is 3. The predicted octanol–water partition coefficient (Wildman–Crippen LogP) is 4.41. The zero-order chi connectivity index (χ0) is 21.8. The van der Waals surface area contributed by atoms with Crippen molar-refractivity contribution < 1.29 is 19.0 Å². The van der Waals surface area contributed by atoms with Gasteiger partial charge in [0, 0.05) is 11.4 Å². The Morgan fingerprint density at radius 1 is 1.30 bits per heavy atom. The van der Waals surface area contributed by atoms with Crippen LogP contribution in [0.2, 0.25) is 0 Å². The molecule has 1 aromatic carbocycles. The Balaban J connectivity index is 2.14. The van der Waals surface area contributed by atoms with Crippen LogP contribution in [-0.2, 0) is 9.53 Å². The Labute approximate surface area is 188 Å². The van der Waals surface area contributed by atoms with Crippen LogP contribution < -0.4 is 14.8 Å². The SMILES string of the molecule is CCCCSc1nc2n(n1)C(c1cc(Br)c(OC)c(OC)c1)C(C(=O)OC)=C(C)N2. The lowest BCUT2D eigenvalue weighted by molar-refractivity contribution is -0.136. The fourth-order valence-electron chi connectivity index (χ4n) is 3.28. The maximum Gasteiger partial charge on any atom is 0.338 e. The molecule has 1 aromatic heterocycles. The van der Waals surface area contributed by atoms with Gasteiger partial charge in [-0.3, -0.25) is 0 Å². The molecule has 0 saturated carbocycles. The Morgan fingerprint density at radius 3 is 2.70 bits per heavy atom. The van der Waals surface area contributed by atoms with Crippen LogP contribution in [-0.4, -0.2) is 47.8 Å². The molecule has 8 nitrogen and oxygen atoms in total. The quantitative estimate of drug-likeness (QED) is 0.326. The number of carbonyl (C=O) groups is 1. The molecule has 2 aromatic rings. The van der Waals surface area contributed by atoms with E-state index < -0.39 is 12.0 Å². The molecule has 0 saturated heterocycles. The number of fused-ring (bicyclic) bond motifs is 1. The highest BCUT2D eigenvalue weighted by Crippen LogP contribution is 2.43. The molecular formula is C20H25BrN4O4S. The second-order valence-corrected chi connectivity index (χ2v) is 8.58. The van der Waals surface area contributed by atoms with Crippen LogP contribution in [0.1, 0.15) is 38.3 Å². The van der Waals surface area contributed by atoms with Gasteiger partial charge < -0.3 is 19.5 Å². The zero-order valence-electron chi connectivity index (χ0n) is 17.6. The number of rotatable bonds is 8. The van der Waals surface area contributed by atoms with Crippen molar-refractivity contribution in [2.24, 2.45) is 0 Å². The van der Waals surface area contributed by atoms with E-state index in [1.54, 1.807) is 30.7 Å². The highest BCUT2D eigenvalue weighted by atomic mass is 79.9. The van der Waals surface area contributed by atoms with Crippen LogP contribution in [0.3, 0.4) is 0 Å². The third-order valence-electron chi connectivity index (χ3n) is 4.74. The number of hydrogen-bond acceptors (Lipinski definition) is 8. The normalized spacial score (nSPS) is 15.5. The summed E-state index contributed by atoms with van der Waals surface area (Å²) in [7, 11) is 4.52. The first-order chi connectivity index (χ1) is 14.4. The van der Waals surface area contributed by atoms with Gasteiger partial charge in [-0.2, -0.15) is 4.98 Å². The van der Waals surface area contributed by atoms with Gasteiger partial charge in [0.1, 0.15) is 6.04 Å². The number of esters is 1. The Bertz CT molecular complexity index is 976. The maximum absolute atomic E-state index is 12.7. The fourth-order valence-corrected chi connectivity index (χ4v) is 4.81. The molecule has 3 rings (SSSR count). The van der Waals surface area contributed by atoms with Gasteiger partial charge in [0.25, 0.3) is 0 Å². The number of methoxy groups -OCH3 is 3. The van der Waals surface area contributed by atoms with E-state index in [4.69, 9.17) is 14.2 Å². The Kier molecular flexibility index (Phi) is 7.30. The molecule has 30 heavy (non-hydrogen) atoms. The zero-order valence-corrected chi connectivity index (χ0v) is 20.0. The van der Waals surface area contributed by atoms with Gasteiger partial charge in [-0.1, -0.05) is 25.1 Å². The monoisotopic (exact) mass is 496 g/mol. The Morgan fingerprint density at radius 2 is 2.07 bits per heavy atom. The van der Waals surface area contributed by atoms with E-state index in [0.717, 1.165) is 24.2 Å². The number of unbranched alkanes of at least 4 members (excludes halogenated alkanes) is 1. The van der Waals surface area contributed by atoms with Crippen molar-refractivity contribution in [2.75, 3.05) is 32.4 Å². The summed E-state index contributed by atoms with van der Waals surface area (Å²) >= 11 is 5.14. The molecule has 0 radical (unpaired) electrons. The van der Waals surface area contributed by atoms with Crippen LogP contribution in [0.15, 0.2) is 33.0 Å². The molecule has 1 aliphatic heterocycles. The van der Waals surface area contributed by atoms with Gasteiger partial charge in [0.05, 0.1) is 31.4 Å². The molecule has 10 heteroatoms. The van der Waals surface area contributed by atoms with E-state index >= 15 is 0 Å². The lowest BCUT2D eigenvalue weighted by atomic mass is 9.95. The van der Waals surface area contributed by atoms with Crippen LogP contribution in [0, 0.1) is 0 Å². The summed E-state index contributed by atoms with van der Waals surface area (Å²) in [5.41, 5.74) is 1.92. The number of allylic oxidation sites excluding steroid dienone is 1. The molecular weight excluding hydrogens is 472 g/mol. The topological polar surface area (TPSA) is 87.5 Å². The minimum atomic E-state index is -0.530. The van der Waals surface area contributed by atoms with E-state index in [-0.39, 0.29) is 0 Å². The van der Waals surface area contributed by atoms with Crippen LogP contribution in [0.25, 0.3) is 0 Å². The van der Waals surface area contributed by atoms with E-state index in [2.05, 4.69) is 38.3 Å². The van der Waals surface area contributed by atoms with E-state index in [0.29, 0.717) is 38.3 Å². The smallest absolute Gasteiger partial charge is 0.338 e. The largest absolute Gasteiger partial charge is 0.493 e. The number of aromatic nitrogens is 3. The average molecular weight is 497 g/mol. The number of thioether (sulfide) groups is 1. The summed E-state index contributed by atoms with van der Waals surface area (Å²) in [5.74, 6) is 2.20. The molecule has 0 amide bonds. The van der Waals surface area contributed by atoms with Gasteiger partial charge >= 0.3 is 5.97 Å². The van der Waals surface area contributed by atoms with Crippen molar-refractivity contribution >= 4 is 39.6 Å². The summed E-state index contributed by atoms with van der Waals surface area (Å²) < 4.78 is 18.4. The molecule has 0 bridgehead atoms. The average Bonchev–Trinajstić information content (AvgIpc) is 3.13. The summed E-state index contributed by atoms with van der Waals surface area (Å²) in [4.78, 5) is 17.3. The van der Waals surface area contributed by atoms with Crippen molar-refractivity contribution in [2.45, 2.75) is 37.9 Å². The molecule has 2 heterocycles. The number of carbonyl (C=O) groups excluding carboxylic acids is 1. The summed E-state index contributed by atoms with van der Waals surface area (Å²) in [5, 5.41) is 8.54. The van der Waals surface area contributed by atoms with Gasteiger partial charge in [-0.05, 0) is 47.0 Å². The van der Waals surface area contributed by atoms with Crippen molar-refractivity contribution in [1.29, 1.82) is 0 Å². The van der Waals surface area contributed by atoms with E-state index in [1.807, 2.05) is 19.1 Å². The number of nitrogens with one attached hydrogen (secondary N) is 1. The standard InChI is InChI=1S/C20H25BrN4O4S/c1-6-7-8-30-20-23-19-22-11(2)15(18(26)29-5)16(25(19)24-20)12-9-13(21)17(28-4)14(10-12)27-3/h9-10,16H,6-8H2,1-5H3,(H,22,23,24). The molecule has 1 unspecified atom stereocenters. The second-order valence-electron chi connectivity index (χ2n) is 6.66. The molecule has 1 N–H and O–H groups in total. The number of hydrogen-bond donors (Lipinski definition) is 1. The predicted molar refractivity (Wildman–Crippen MR) is 119 cm³/mol. The molecule has 0 fully saturated rings. The van der Waals surface area contributed by atoms with Crippen molar-refractivity contribution in [3.05, 3.63) is 33.4 Å². The lowest BCUT2D eigenvalue weighted by Gasteiger charge is -2.28. The fraction of sp³-hybridized carbons (Fsp3) is 0.450. The van der Waals surface area contributed by atoms with Gasteiger partial charge in [0.15, 0.2) is 11.5 Å². The summed E-state index contributed by atoms with van der Waals surface area (Å²) in [6, 6.07) is 3.20. The van der Waals surface area contributed by atoms with Crippen molar-refractivity contribution in [3.8, 4) is 11.5 Å². The maximum atomic E-state index is 12.7. The molecule has 162 valence electrons. The molecule has 1 aliphatic rings. The number of ether oxygens (including phenoxy) is 3. The van der Waals surface area contributed by atoms with Crippen LogP contribution >= 0.6 is 27.7 Å². The number of anilines is 1. The van der Waals surface area contributed by atoms with Gasteiger partial charge in [-0.15, -0.1) is 5.10 Å². The molecule has 1 atom stereocenters. The van der Waals surface area contributed by atoms with Crippen LogP contribution in [0.5, 0.6) is 11.5 Å². The minimum Gasteiger partial charge on any atom is -0.493 e. The Hall–Kier alpha value is -2.20. The first kappa shape index (κ1) is 22.5. The van der Waals surface area contributed by atoms with E-state index in [9.17, 15) is 4.79 Å². The minimum absolute atomic E-state index is 0.433. The van der Waals surface area contributed by atoms with Gasteiger partial charge in [-0.25, -0.2) is 9.48 Å². The highest BCUT2D eigenvalue weighted by molar-refractivity contribution is 9.10. The van der Waals surface area contributed by atoms with Crippen molar-refractivity contribution in [3.63, 3.8) is 0 Å². The summed E-state index contributed by atoms with van der Waals surface area (Å²) in [6.45, 7) is 3.98. The third-order valence-corrected chi connectivity index (χ3v) is 6.25. The second kappa shape index (κ2) is 9.74.